The molecule has 0 aromatic heterocycles. The minimum Gasteiger partial charge on any atom is -0.301 e. The third-order valence-electron chi connectivity index (χ3n) is 3.87. The van der Waals surface area contributed by atoms with Crippen LogP contribution in [0.25, 0.3) is 6.08 Å². The summed E-state index contributed by atoms with van der Waals surface area (Å²) < 4.78 is 40.1. The van der Waals surface area contributed by atoms with Crippen molar-refractivity contribution in [2.75, 3.05) is 20.6 Å². The summed E-state index contributed by atoms with van der Waals surface area (Å²) in [6, 6.07) is 13.5. The van der Waals surface area contributed by atoms with Crippen LogP contribution < -0.4 is 4.72 Å². The number of benzene rings is 2. The molecule has 0 radical (unpaired) electrons. The first kappa shape index (κ1) is 19.3. The van der Waals surface area contributed by atoms with E-state index in [2.05, 4.69) is 4.72 Å². The van der Waals surface area contributed by atoms with Crippen LogP contribution in [0.2, 0.25) is 0 Å². The quantitative estimate of drug-likeness (QED) is 0.822. The molecule has 1 atom stereocenters. The molecule has 134 valence electrons. The highest BCUT2D eigenvalue weighted by Crippen LogP contribution is 2.18. The van der Waals surface area contributed by atoms with Crippen molar-refractivity contribution in [2.24, 2.45) is 0 Å². The van der Waals surface area contributed by atoms with Gasteiger partial charge in [0.2, 0.25) is 10.0 Å². The van der Waals surface area contributed by atoms with Gasteiger partial charge in [-0.15, -0.1) is 0 Å². The molecular weight excluding hydrogens is 339 g/mol. The van der Waals surface area contributed by atoms with Crippen LogP contribution in [0, 0.1) is 12.7 Å². The predicted octanol–water partition coefficient (Wildman–Crippen LogP) is 3.33. The molecule has 6 heteroatoms. The van der Waals surface area contributed by atoms with Crippen molar-refractivity contribution in [3.8, 4) is 0 Å². The Bertz CT molecular complexity index is 814. The molecule has 2 aromatic carbocycles. The van der Waals surface area contributed by atoms with E-state index < -0.39 is 10.0 Å². The van der Waals surface area contributed by atoms with Crippen LogP contribution in [0.1, 0.15) is 22.7 Å². The molecule has 0 aliphatic carbocycles. The van der Waals surface area contributed by atoms with Crippen LogP contribution in [0.3, 0.4) is 0 Å². The zero-order valence-electron chi connectivity index (χ0n) is 14.6. The zero-order valence-corrected chi connectivity index (χ0v) is 15.4. The molecule has 1 N–H and O–H groups in total. The van der Waals surface area contributed by atoms with Gasteiger partial charge in [-0.25, -0.2) is 17.5 Å². The fraction of sp³-hybridized carbons (Fsp3) is 0.263. The minimum atomic E-state index is -3.57. The van der Waals surface area contributed by atoms with Crippen LogP contribution in [-0.2, 0) is 10.0 Å². The molecule has 1 unspecified atom stereocenters. The lowest BCUT2D eigenvalue weighted by atomic mass is 10.1. The average molecular weight is 362 g/mol. The van der Waals surface area contributed by atoms with E-state index >= 15 is 0 Å². The van der Waals surface area contributed by atoms with Crippen molar-refractivity contribution in [3.05, 3.63) is 76.4 Å². The molecule has 0 saturated carbocycles. The van der Waals surface area contributed by atoms with Crippen molar-refractivity contribution >= 4 is 16.1 Å². The van der Waals surface area contributed by atoms with Crippen molar-refractivity contribution < 1.29 is 12.8 Å². The number of aryl methyl sites for hydroxylation is 1. The normalized spacial score (nSPS) is 13.5. The summed E-state index contributed by atoms with van der Waals surface area (Å²) in [4.78, 5) is 1.89. The smallest absolute Gasteiger partial charge is 0.233 e. The lowest BCUT2D eigenvalue weighted by Gasteiger charge is -2.24. The number of rotatable bonds is 7. The van der Waals surface area contributed by atoms with E-state index in [1.165, 1.54) is 12.1 Å². The number of hydrogen-bond donors (Lipinski definition) is 1. The Balaban J connectivity index is 2.05. The monoisotopic (exact) mass is 362 g/mol. The van der Waals surface area contributed by atoms with Crippen LogP contribution in [0.4, 0.5) is 4.39 Å². The summed E-state index contributed by atoms with van der Waals surface area (Å²) in [7, 11) is 0.137. The molecule has 0 saturated heterocycles. The number of likely N-dealkylation sites (N-methyl/N-ethyl adjacent to an activating group) is 1. The molecule has 0 fully saturated rings. The van der Waals surface area contributed by atoms with Gasteiger partial charge in [0.15, 0.2) is 0 Å². The maximum Gasteiger partial charge on any atom is 0.233 e. The Hall–Kier alpha value is -2.02. The SMILES string of the molecule is Cc1ccc(/C=C/S(=O)(=O)NCC(c2ccc(F)cc2)N(C)C)cc1. The first-order chi connectivity index (χ1) is 11.8. The maximum absolute atomic E-state index is 13.1. The second-order valence-electron chi connectivity index (χ2n) is 6.14. The van der Waals surface area contributed by atoms with Gasteiger partial charge >= 0.3 is 0 Å². The van der Waals surface area contributed by atoms with Gasteiger partial charge < -0.3 is 4.90 Å². The molecule has 2 aromatic rings. The lowest BCUT2D eigenvalue weighted by Crippen LogP contribution is -2.33. The summed E-state index contributed by atoms with van der Waals surface area (Å²) in [5, 5.41) is 1.16. The number of nitrogens with one attached hydrogen (secondary N) is 1. The Morgan fingerprint density at radius 3 is 2.24 bits per heavy atom. The summed E-state index contributed by atoms with van der Waals surface area (Å²) in [5.74, 6) is -0.317. The highest BCUT2D eigenvalue weighted by atomic mass is 32.2. The van der Waals surface area contributed by atoms with E-state index in [4.69, 9.17) is 0 Å². The van der Waals surface area contributed by atoms with E-state index in [1.54, 1.807) is 18.2 Å². The van der Waals surface area contributed by atoms with E-state index in [-0.39, 0.29) is 18.4 Å². The molecule has 0 amide bonds. The summed E-state index contributed by atoms with van der Waals surface area (Å²) >= 11 is 0. The zero-order chi connectivity index (χ0) is 18.4. The van der Waals surface area contributed by atoms with Gasteiger partial charge in [0.05, 0.1) is 0 Å². The van der Waals surface area contributed by atoms with E-state index in [0.717, 1.165) is 22.1 Å². The lowest BCUT2D eigenvalue weighted by molar-refractivity contribution is 0.299. The standard InChI is InChI=1S/C19H23FN2O2S/c1-15-4-6-16(7-5-15)12-13-25(23,24)21-14-19(22(2)3)17-8-10-18(20)11-9-17/h4-13,19,21H,14H2,1-3H3/b13-12+. The van der Waals surface area contributed by atoms with Gasteiger partial charge in [0.1, 0.15) is 5.82 Å². The van der Waals surface area contributed by atoms with Crippen LogP contribution in [-0.4, -0.2) is 34.0 Å². The van der Waals surface area contributed by atoms with Gasteiger partial charge in [-0.3, -0.25) is 0 Å². The predicted molar refractivity (Wildman–Crippen MR) is 100.0 cm³/mol. The molecule has 2 rings (SSSR count). The molecule has 0 aliphatic heterocycles. The van der Waals surface area contributed by atoms with E-state index in [9.17, 15) is 12.8 Å². The highest BCUT2D eigenvalue weighted by Gasteiger charge is 2.16. The van der Waals surface area contributed by atoms with Crippen LogP contribution in [0.15, 0.2) is 53.9 Å². The number of nitrogens with zero attached hydrogens (tertiary/aromatic N) is 1. The highest BCUT2D eigenvalue weighted by molar-refractivity contribution is 7.92. The number of halogens is 1. The number of hydrogen-bond acceptors (Lipinski definition) is 3. The first-order valence-corrected chi connectivity index (χ1v) is 9.48. The third kappa shape index (κ3) is 6.08. The van der Waals surface area contributed by atoms with Gasteiger partial charge in [-0.2, -0.15) is 0 Å². The average Bonchev–Trinajstić information content (AvgIpc) is 2.56. The van der Waals surface area contributed by atoms with E-state index in [0.29, 0.717) is 0 Å². The Kier molecular flexibility index (Phi) is 6.47. The molecular formula is C19H23FN2O2S. The first-order valence-electron chi connectivity index (χ1n) is 7.93. The van der Waals surface area contributed by atoms with Crippen molar-refractivity contribution in [2.45, 2.75) is 13.0 Å². The maximum atomic E-state index is 13.1. The van der Waals surface area contributed by atoms with Gasteiger partial charge in [0, 0.05) is 18.0 Å². The van der Waals surface area contributed by atoms with Crippen molar-refractivity contribution in [3.63, 3.8) is 0 Å². The van der Waals surface area contributed by atoms with Gasteiger partial charge in [-0.1, -0.05) is 42.0 Å². The van der Waals surface area contributed by atoms with Crippen LogP contribution >= 0.6 is 0 Å². The largest absolute Gasteiger partial charge is 0.301 e. The van der Waals surface area contributed by atoms with Crippen molar-refractivity contribution in [1.82, 2.24) is 9.62 Å². The third-order valence-corrected chi connectivity index (χ3v) is 4.94. The minimum absolute atomic E-state index is 0.192. The molecule has 0 spiro atoms. The van der Waals surface area contributed by atoms with E-state index in [1.807, 2.05) is 50.2 Å². The van der Waals surface area contributed by atoms with Crippen molar-refractivity contribution in [1.29, 1.82) is 0 Å². The second-order valence-corrected chi connectivity index (χ2v) is 7.79. The fourth-order valence-electron chi connectivity index (χ4n) is 2.37. The summed E-state index contributed by atoms with van der Waals surface area (Å²) in [6.07, 6.45) is 1.56. The van der Waals surface area contributed by atoms with Gasteiger partial charge in [-0.05, 0) is 50.4 Å². The second kappa shape index (κ2) is 8.38. The summed E-state index contributed by atoms with van der Waals surface area (Å²) in [5.41, 5.74) is 2.78. The Labute approximate surface area is 149 Å². The molecule has 0 heterocycles. The molecule has 0 aliphatic rings. The summed E-state index contributed by atoms with van der Waals surface area (Å²) in [6.45, 7) is 2.17. The topological polar surface area (TPSA) is 49.4 Å². The van der Waals surface area contributed by atoms with Crippen LogP contribution in [0.5, 0.6) is 0 Å². The molecule has 25 heavy (non-hydrogen) atoms. The Morgan fingerprint density at radius 2 is 1.68 bits per heavy atom. The fourth-order valence-corrected chi connectivity index (χ4v) is 3.20. The Morgan fingerprint density at radius 1 is 1.08 bits per heavy atom. The molecule has 0 bridgehead atoms. The number of sulfonamides is 1. The van der Waals surface area contributed by atoms with Gasteiger partial charge in [0.25, 0.3) is 0 Å². The molecule has 4 nitrogen and oxygen atoms in total.